The van der Waals surface area contributed by atoms with Crippen molar-refractivity contribution in [1.29, 1.82) is 0 Å². The number of carbonyl (C=O) groups is 3. The molecule has 0 bridgehead atoms. The average molecular weight is 496 g/mol. The molecule has 0 saturated carbocycles. The van der Waals surface area contributed by atoms with Gasteiger partial charge in [-0.3, -0.25) is 9.69 Å². The molecule has 36 heavy (non-hydrogen) atoms. The largest absolute Gasteiger partial charge is 0.465 e. The van der Waals surface area contributed by atoms with Gasteiger partial charge in [0, 0.05) is 17.8 Å². The number of nitrogens with zero attached hydrogens (tertiary/aromatic N) is 3. The maximum Gasteiger partial charge on any atom is 0.337 e. The minimum absolute atomic E-state index is 0.120. The Labute approximate surface area is 206 Å². The Bertz CT molecular complexity index is 1230. The van der Waals surface area contributed by atoms with Crippen LogP contribution in [0.2, 0.25) is 0 Å². The van der Waals surface area contributed by atoms with Crippen LogP contribution >= 0.6 is 0 Å². The zero-order valence-electron chi connectivity index (χ0n) is 19.8. The number of carbonyl (C=O) groups excluding carboxylic acids is 3. The van der Waals surface area contributed by atoms with Crippen molar-refractivity contribution in [3.8, 4) is 11.4 Å². The van der Waals surface area contributed by atoms with Gasteiger partial charge in [0.2, 0.25) is 17.6 Å². The Hall–Kier alpha value is -4.12. The first kappa shape index (κ1) is 25.0. The van der Waals surface area contributed by atoms with Crippen LogP contribution in [0.5, 0.6) is 0 Å². The first-order valence-corrected chi connectivity index (χ1v) is 11.3. The number of hydrogen-bond donors (Lipinski definition) is 1. The number of anilines is 1. The predicted octanol–water partition coefficient (Wildman–Crippen LogP) is 3.30. The molecule has 0 radical (unpaired) electrons. The van der Waals surface area contributed by atoms with E-state index >= 15 is 0 Å². The molecule has 0 spiro atoms. The maximum absolute atomic E-state index is 13.2. The van der Waals surface area contributed by atoms with Gasteiger partial charge in [-0.15, -0.1) is 0 Å². The second-order valence-electron chi connectivity index (χ2n) is 8.36. The number of esters is 2. The summed E-state index contributed by atoms with van der Waals surface area (Å²) >= 11 is 0. The van der Waals surface area contributed by atoms with Gasteiger partial charge >= 0.3 is 11.9 Å². The molecule has 1 atom stereocenters. The van der Waals surface area contributed by atoms with Gasteiger partial charge in [-0.05, 0) is 61.9 Å². The second-order valence-corrected chi connectivity index (χ2v) is 8.36. The number of methoxy groups -OCH3 is 2. The molecule has 2 aromatic carbocycles. The van der Waals surface area contributed by atoms with E-state index in [0.29, 0.717) is 42.5 Å². The highest BCUT2D eigenvalue weighted by Crippen LogP contribution is 2.23. The molecule has 1 aliphatic heterocycles. The van der Waals surface area contributed by atoms with Crippen molar-refractivity contribution >= 4 is 23.5 Å². The van der Waals surface area contributed by atoms with E-state index in [9.17, 15) is 18.8 Å². The van der Waals surface area contributed by atoms with Gasteiger partial charge in [-0.2, -0.15) is 4.98 Å². The normalized spacial score (nSPS) is 15.8. The molecule has 1 aromatic heterocycles. The zero-order chi connectivity index (χ0) is 25.7. The predicted molar refractivity (Wildman–Crippen MR) is 125 cm³/mol. The number of halogens is 1. The van der Waals surface area contributed by atoms with Crippen LogP contribution < -0.4 is 5.32 Å². The summed E-state index contributed by atoms with van der Waals surface area (Å²) in [6.07, 6.45) is 1.46. The number of benzene rings is 2. The summed E-state index contributed by atoms with van der Waals surface area (Å²) < 4.78 is 28.0. The molecule has 1 N–H and O–H groups in total. The van der Waals surface area contributed by atoms with Crippen LogP contribution in [0.4, 0.5) is 10.1 Å². The summed E-state index contributed by atoms with van der Waals surface area (Å²) in [5, 5.41) is 6.76. The summed E-state index contributed by atoms with van der Waals surface area (Å²) in [4.78, 5) is 43.5. The molecule has 11 heteroatoms. The summed E-state index contributed by atoms with van der Waals surface area (Å²) in [6, 6.07) is 10.1. The van der Waals surface area contributed by atoms with Gasteiger partial charge in [0.1, 0.15) is 5.82 Å². The molecule has 188 valence electrons. The van der Waals surface area contributed by atoms with Gasteiger partial charge in [0.05, 0.1) is 37.8 Å². The summed E-state index contributed by atoms with van der Waals surface area (Å²) in [6.45, 7) is 1.57. The van der Waals surface area contributed by atoms with Crippen molar-refractivity contribution in [1.82, 2.24) is 15.0 Å². The summed E-state index contributed by atoms with van der Waals surface area (Å²) in [5.41, 5.74) is 1.17. The number of rotatable bonds is 7. The molecule has 4 rings (SSSR count). The van der Waals surface area contributed by atoms with Gasteiger partial charge < -0.3 is 19.3 Å². The third-order valence-electron chi connectivity index (χ3n) is 5.85. The van der Waals surface area contributed by atoms with Crippen LogP contribution in [0.1, 0.15) is 39.4 Å². The van der Waals surface area contributed by atoms with E-state index in [1.165, 1.54) is 44.6 Å². The Balaban J connectivity index is 1.41. The topological polar surface area (TPSA) is 124 Å². The minimum Gasteiger partial charge on any atom is -0.465 e. The van der Waals surface area contributed by atoms with Gasteiger partial charge in [0.25, 0.3) is 0 Å². The van der Waals surface area contributed by atoms with E-state index in [1.807, 2.05) is 4.90 Å². The fourth-order valence-corrected chi connectivity index (χ4v) is 4.06. The molecule has 1 unspecified atom stereocenters. The Morgan fingerprint density at radius 3 is 2.39 bits per heavy atom. The van der Waals surface area contributed by atoms with E-state index in [-0.39, 0.29) is 28.8 Å². The first-order valence-electron chi connectivity index (χ1n) is 11.3. The van der Waals surface area contributed by atoms with Crippen LogP contribution in [0.25, 0.3) is 11.4 Å². The van der Waals surface area contributed by atoms with Crippen LogP contribution in [0.15, 0.2) is 47.0 Å². The fourth-order valence-electron chi connectivity index (χ4n) is 4.06. The highest BCUT2D eigenvalue weighted by atomic mass is 19.1. The zero-order valence-corrected chi connectivity index (χ0v) is 19.8. The van der Waals surface area contributed by atoms with Crippen LogP contribution in [-0.4, -0.2) is 60.2 Å². The number of piperidine rings is 1. The van der Waals surface area contributed by atoms with Gasteiger partial charge in [-0.25, -0.2) is 14.0 Å². The van der Waals surface area contributed by atoms with Crippen molar-refractivity contribution in [3.05, 3.63) is 65.3 Å². The van der Waals surface area contributed by atoms with E-state index in [0.717, 1.165) is 13.0 Å². The molecule has 1 aliphatic rings. The number of ether oxygens (including phenoxy) is 2. The lowest BCUT2D eigenvalue weighted by Gasteiger charge is -2.30. The van der Waals surface area contributed by atoms with E-state index < -0.39 is 11.9 Å². The van der Waals surface area contributed by atoms with E-state index in [4.69, 9.17) is 14.0 Å². The lowest BCUT2D eigenvalue weighted by molar-refractivity contribution is -0.121. The van der Waals surface area contributed by atoms with Crippen LogP contribution in [-0.2, 0) is 20.8 Å². The molecule has 2 heterocycles. The lowest BCUT2D eigenvalue weighted by Crippen LogP contribution is -2.40. The van der Waals surface area contributed by atoms with E-state index in [2.05, 4.69) is 15.5 Å². The number of aromatic nitrogens is 2. The van der Waals surface area contributed by atoms with Crippen molar-refractivity contribution < 1.29 is 32.8 Å². The lowest BCUT2D eigenvalue weighted by atomic mass is 9.97. The van der Waals surface area contributed by atoms with Crippen molar-refractivity contribution in [2.45, 2.75) is 19.4 Å². The molecule has 1 fully saturated rings. The van der Waals surface area contributed by atoms with Gasteiger partial charge in [-0.1, -0.05) is 5.16 Å². The number of amides is 1. The quantitative estimate of drug-likeness (QED) is 0.491. The van der Waals surface area contributed by atoms with Crippen LogP contribution in [0, 0.1) is 11.7 Å². The smallest absolute Gasteiger partial charge is 0.337 e. The molecular weight excluding hydrogens is 471 g/mol. The molecule has 0 aliphatic carbocycles. The summed E-state index contributed by atoms with van der Waals surface area (Å²) in [7, 11) is 2.46. The Kier molecular flexibility index (Phi) is 7.69. The number of hydrogen-bond acceptors (Lipinski definition) is 9. The highest BCUT2D eigenvalue weighted by Gasteiger charge is 2.27. The molecule has 10 nitrogen and oxygen atoms in total. The molecule has 1 saturated heterocycles. The summed E-state index contributed by atoms with van der Waals surface area (Å²) in [5.74, 6) is -1.44. The van der Waals surface area contributed by atoms with E-state index in [1.54, 1.807) is 12.1 Å². The molecule has 1 amide bonds. The van der Waals surface area contributed by atoms with Crippen molar-refractivity contribution in [2.75, 3.05) is 32.6 Å². The SMILES string of the molecule is COC(=O)c1cc(NC(=O)C2CCCN(Cc3nc(-c4ccc(F)cc4)no3)C2)cc(C(=O)OC)c1. The van der Waals surface area contributed by atoms with Gasteiger partial charge in [0.15, 0.2) is 0 Å². The highest BCUT2D eigenvalue weighted by molar-refractivity contribution is 6.00. The first-order chi connectivity index (χ1) is 17.4. The molecule has 3 aromatic rings. The maximum atomic E-state index is 13.2. The third kappa shape index (κ3) is 5.92. The fraction of sp³-hybridized carbons (Fsp3) is 0.320. The average Bonchev–Trinajstić information content (AvgIpc) is 3.36. The number of nitrogens with one attached hydrogen (secondary N) is 1. The molecular formula is C25H25FN4O6. The van der Waals surface area contributed by atoms with Crippen molar-refractivity contribution in [3.63, 3.8) is 0 Å². The number of likely N-dealkylation sites (tertiary alicyclic amines) is 1. The Morgan fingerprint density at radius 1 is 1.08 bits per heavy atom. The standard InChI is InChI=1S/C25H25FN4O6/c1-34-24(32)17-10-18(25(33)35-2)12-20(11-17)27-23(31)16-4-3-9-30(13-16)14-21-28-22(29-36-21)15-5-7-19(26)8-6-15/h5-8,10-12,16H,3-4,9,13-14H2,1-2H3,(H,27,31). The van der Waals surface area contributed by atoms with Crippen molar-refractivity contribution in [2.24, 2.45) is 5.92 Å². The van der Waals surface area contributed by atoms with Crippen LogP contribution in [0.3, 0.4) is 0 Å². The minimum atomic E-state index is -0.639. The third-order valence-corrected chi connectivity index (χ3v) is 5.85. The monoisotopic (exact) mass is 496 g/mol. The Morgan fingerprint density at radius 2 is 1.75 bits per heavy atom. The second kappa shape index (κ2) is 11.1.